The van der Waals surface area contributed by atoms with Crippen LogP contribution >= 0.6 is 0 Å². The fraction of sp³-hybridized carbons (Fsp3) is 0.533. The smallest absolute Gasteiger partial charge is 0.170 e. The number of oxime groups is 1. The third-order valence-corrected chi connectivity index (χ3v) is 4.12. The molecule has 4 nitrogen and oxygen atoms in total. The molecule has 4 heteroatoms. The summed E-state index contributed by atoms with van der Waals surface area (Å²) in [6.07, 6.45) is 5.38. The Morgan fingerprint density at radius 3 is 2.79 bits per heavy atom. The van der Waals surface area contributed by atoms with Gasteiger partial charge in [0.1, 0.15) is 0 Å². The van der Waals surface area contributed by atoms with Gasteiger partial charge in [0.05, 0.1) is 0 Å². The van der Waals surface area contributed by atoms with Crippen molar-refractivity contribution < 1.29 is 5.21 Å². The molecular formula is C15H23N3O. The van der Waals surface area contributed by atoms with Crippen LogP contribution in [0, 0.1) is 5.92 Å². The molecule has 0 aliphatic heterocycles. The Hall–Kier alpha value is -1.55. The van der Waals surface area contributed by atoms with E-state index in [1.165, 1.54) is 25.7 Å². The largest absolute Gasteiger partial charge is 0.409 e. The van der Waals surface area contributed by atoms with Crippen molar-refractivity contribution in [3.8, 4) is 0 Å². The van der Waals surface area contributed by atoms with E-state index in [2.05, 4.69) is 17.4 Å². The summed E-state index contributed by atoms with van der Waals surface area (Å²) < 4.78 is 0. The fourth-order valence-electron chi connectivity index (χ4n) is 2.87. The number of benzene rings is 1. The first-order chi connectivity index (χ1) is 9.22. The molecule has 1 aromatic carbocycles. The van der Waals surface area contributed by atoms with Crippen LogP contribution in [-0.2, 0) is 6.54 Å². The number of rotatable bonds is 5. The van der Waals surface area contributed by atoms with Crippen LogP contribution in [0.3, 0.4) is 0 Å². The van der Waals surface area contributed by atoms with E-state index in [-0.39, 0.29) is 5.84 Å². The normalized spacial score (nSPS) is 18.7. The summed E-state index contributed by atoms with van der Waals surface area (Å²) in [6, 6.07) is 8.29. The molecule has 2 rings (SSSR count). The zero-order valence-electron chi connectivity index (χ0n) is 11.5. The molecule has 0 saturated heterocycles. The van der Waals surface area contributed by atoms with E-state index in [9.17, 15) is 0 Å². The van der Waals surface area contributed by atoms with E-state index in [0.29, 0.717) is 6.04 Å². The van der Waals surface area contributed by atoms with Crippen molar-refractivity contribution in [3.63, 3.8) is 0 Å². The molecule has 1 aliphatic rings. The monoisotopic (exact) mass is 261 g/mol. The first-order valence-corrected chi connectivity index (χ1v) is 7.01. The minimum absolute atomic E-state index is 0.172. The Morgan fingerprint density at radius 1 is 1.42 bits per heavy atom. The Morgan fingerprint density at radius 2 is 2.11 bits per heavy atom. The van der Waals surface area contributed by atoms with E-state index in [0.717, 1.165) is 23.6 Å². The second-order valence-corrected chi connectivity index (χ2v) is 5.36. The minimum atomic E-state index is 0.172. The summed E-state index contributed by atoms with van der Waals surface area (Å²) in [7, 11) is 0. The third kappa shape index (κ3) is 3.47. The van der Waals surface area contributed by atoms with E-state index < -0.39 is 0 Å². The minimum Gasteiger partial charge on any atom is -0.409 e. The number of nitrogens with one attached hydrogen (secondary N) is 1. The van der Waals surface area contributed by atoms with Gasteiger partial charge in [-0.15, -0.1) is 0 Å². The highest BCUT2D eigenvalue weighted by atomic mass is 16.4. The summed E-state index contributed by atoms with van der Waals surface area (Å²) in [6.45, 7) is 3.01. The molecular weight excluding hydrogens is 238 g/mol. The Bertz CT molecular complexity index is 439. The van der Waals surface area contributed by atoms with Gasteiger partial charge in [-0.25, -0.2) is 0 Å². The van der Waals surface area contributed by atoms with Gasteiger partial charge in [-0.1, -0.05) is 42.3 Å². The van der Waals surface area contributed by atoms with Crippen LogP contribution < -0.4 is 11.1 Å². The molecule has 19 heavy (non-hydrogen) atoms. The van der Waals surface area contributed by atoms with Crippen LogP contribution in [0.15, 0.2) is 29.4 Å². The lowest BCUT2D eigenvalue weighted by Gasteiger charge is -2.21. The summed E-state index contributed by atoms with van der Waals surface area (Å²) in [5, 5.41) is 15.5. The molecule has 1 atom stereocenters. The summed E-state index contributed by atoms with van der Waals surface area (Å²) >= 11 is 0. The lowest BCUT2D eigenvalue weighted by Crippen LogP contribution is -2.32. The summed E-state index contributed by atoms with van der Waals surface area (Å²) in [5.74, 6) is 0.960. The van der Waals surface area contributed by atoms with E-state index in [1.807, 2.05) is 24.3 Å². The standard InChI is InChI=1S/C15H23N3O/c1-11(12-6-2-3-7-12)17-10-13-8-4-5-9-14(13)15(16)18-19/h4-5,8-9,11-12,17,19H,2-3,6-7,10H2,1H3,(H2,16,18)/t11-/m0/s1. The van der Waals surface area contributed by atoms with Gasteiger partial charge in [0.15, 0.2) is 5.84 Å². The quantitative estimate of drug-likeness (QED) is 0.330. The molecule has 0 aromatic heterocycles. The molecule has 0 bridgehead atoms. The van der Waals surface area contributed by atoms with Crippen molar-refractivity contribution >= 4 is 5.84 Å². The second-order valence-electron chi connectivity index (χ2n) is 5.36. The first kappa shape index (κ1) is 13.9. The number of hydrogen-bond acceptors (Lipinski definition) is 3. The lowest BCUT2D eigenvalue weighted by molar-refractivity contribution is 0.318. The predicted molar refractivity (Wildman–Crippen MR) is 77.2 cm³/mol. The molecule has 0 radical (unpaired) electrons. The fourth-order valence-corrected chi connectivity index (χ4v) is 2.87. The average molecular weight is 261 g/mol. The highest BCUT2D eigenvalue weighted by Crippen LogP contribution is 2.27. The van der Waals surface area contributed by atoms with Gasteiger partial charge in [-0.3, -0.25) is 0 Å². The molecule has 0 spiro atoms. The Labute approximate surface area is 114 Å². The number of nitrogens with two attached hydrogens (primary N) is 1. The second kappa shape index (κ2) is 6.57. The van der Waals surface area contributed by atoms with Gasteiger partial charge >= 0.3 is 0 Å². The summed E-state index contributed by atoms with van der Waals surface area (Å²) in [4.78, 5) is 0. The molecule has 0 unspecified atom stereocenters. The maximum Gasteiger partial charge on any atom is 0.170 e. The van der Waals surface area contributed by atoms with Gasteiger partial charge in [0.25, 0.3) is 0 Å². The Balaban J connectivity index is 1.99. The summed E-state index contributed by atoms with van der Waals surface area (Å²) in [5.41, 5.74) is 7.57. The van der Waals surface area contributed by atoms with Crippen LogP contribution in [-0.4, -0.2) is 17.1 Å². The van der Waals surface area contributed by atoms with E-state index >= 15 is 0 Å². The zero-order valence-corrected chi connectivity index (χ0v) is 11.5. The van der Waals surface area contributed by atoms with Crippen LogP contribution in [0.4, 0.5) is 0 Å². The average Bonchev–Trinajstić information content (AvgIpc) is 2.98. The van der Waals surface area contributed by atoms with E-state index in [1.54, 1.807) is 0 Å². The lowest BCUT2D eigenvalue weighted by atomic mass is 9.99. The van der Waals surface area contributed by atoms with Crippen molar-refractivity contribution in [1.29, 1.82) is 0 Å². The van der Waals surface area contributed by atoms with Crippen molar-refractivity contribution in [2.45, 2.75) is 45.2 Å². The molecule has 104 valence electrons. The maximum atomic E-state index is 8.81. The Kier molecular flexibility index (Phi) is 4.80. The predicted octanol–water partition coefficient (Wildman–Crippen LogP) is 2.45. The number of amidine groups is 1. The van der Waals surface area contributed by atoms with Crippen molar-refractivity contribution in [3.05, 3.63) is 35.4 Å². The van der Waals surface area contributed by atoms with Gasteiger partial charge < -0.3 is 16.3 Å². The first-order valence-electron chi connectivity index (χ1n) is 7.01. The van der Waals surface area contributed by atoms with Crippen LogP contribution in [0.5, 0.6) is 0 Å². The highest BCUT2D eigenvalue weighted by molar-refractivity contribution is 5.98. The number of hydrogen-bond donors (Lipinski definition) is 3. The third-order valence-electron chi connectivity index (χ3n) is 4.12. The van der Waals surface area contributed by atoms with Gasteiger partial charge in [0, 0.05) is 18.2 Å². The van der Waals surface area contributed by atoms with Crippen molar-refractivity contribution in [2.75, 3.05) is 0 Å². The molecule has 0 heterocycles. The van der Waals surface area contributed by atoms with Gasteiger partial charge in [-0.05, 0) is 31.2 Å². The number of nitrogens with zero attached hydrogens (tertiary/aromatic N) is 1. The van der Waals surface area contributed by atoms with Crippen LogP contribution in [0.25, 0.3) is 0 Å². The highest BCUT2D eigenvalue weighted by Gasteiger charge is 2.21. The molecule has 1 saturated carbocycles. The topological polar surface area (TPSA) is 70.6 Å². The molecule has 4 N–H and O–H groups in total. The zero-order chi connectivity index (χ0) is 13.7. The van der Waals surface area contributed by atoms with Crippen LogP contribution in [0.1, 0.15) is 43.7 Å². The van der Waals surface area contributed by atoms with E-state index in [4.69, 9.17) is 10.9 Å². The maximum absolute atomic E-state index is 8.81. The SMILES string of the molecule is C[C@H](NCc1ccccc1/C(N)=N/O)C1CCCC1. The molecule has 0 amide bonds. The van der Waals surface area contributed by atoms with Gasteiger partial charge in [-0.2, -0.15) is 0 Å². The molecule has 1 fully saturated rings. The molecule has 1 aromatic rings. The molecule has 1 aliphatic carbocycles. The van der Waals surface area contributed by atoms with Crippen molar-refractivity contribution in [2.24, 2.45) is 16.8 Å². The van der Waals surface area contributed by atoms with Gasteiger partial charge in [0.2, 0.25) is 0 Å². The van der Waals surface area contributed by atoms with Crippen molar-refractivity contribution in [1.82, 2.24) is 5.32 Å². The van der Waals surface area contributed by atoms with Crippen LogP contribution in [0.2, 0.25) is 0 Å².